The van der Waals surface area contributed by atoms with Crippen molar-refractivity contribution >= 4 is 17.1 Å². The minimum atomic E-state index is -0.0644. The minimum Gasteiger partial charge on any atom is -0.345 e. The highest BCUT2D eigenvalue weighted by molar-refractivity contribution is 6.04. The van der Waals surface area contributed by atoms with E-state index in [0.29, 0.717) is 5.56 Å². The summed E-state index contributed by atoms with van der Waals surface area (Å²) in [6.45, 7) is 2.89. The Morgan fingerprint density at radius 3 is 2.96 bits per heavy atom. The number of fused-ring (bicyclic) bond motifs is 4. The molecule has 0 radical (unpaired) electrons. The first-order valence-electron chi connectivity index (χ1n) is 10.3. The lowest BCUT2D eigenvalue weighted by Gasteiger charge is -2.24. The van der Waals surface area contributed by atoms with Crippen LogP contribution in [0.4, 0.5) is 0 Å². The van der Waals surface area contributed by atoms with Crippen LogP contribution >= 0.6 is 0 Å². The highest BCUT2D eigenvalue weighted by atomic mass is 16.1. The predicted octanol–water partition coefficient (Wildman–Crippen LogP) is 3.01. The van der Waals surface area contributed by atoms with E-state index >= 15 is 0 Å². The van der Waals surface area contributed by atoms with E-state index in [4.69, 9.17) is 9.97 Å². The van der Waals surface area contributed by atoms with Crippen LogP contribution in [0, 0.1) is 6.92 Å². The van der Waals surface area contributed by atoms with E-state index in [2.05, 4.69) is 15.0 Å². The van der Waals surface area contributed by atoms with Crippen molar-refractivity contribution in [3.8, 4) is 0 Å². The number of hydrogen-bond acceptors (Lipinski definition) is 4. The second-order valence-electron chi connectivity index (χ2n) is 8.06. The number of pyridine rings is 1. The second-order valence-corrected chi connectivity index (χ2v) is 8.06. The van der Waals surface area contributed by atoms with Gasteiger partial charge in [0, 0.05) is 37.0 Å². The SMILES string of the molecule is Cc1cc(C(=O)NC2CCCc3c2cnn3C)c2nc3n(c2n1)CCCCC3. The van der Waals surface area contributed by atoms with Gasteiger partial charge in [0.2, 0.25) is 0 Å². The molecular formula is C21H26N6O. The van der Waals surface area contributed by atoms with Crippen LogP contribution in [0.5, 0.6) is 0 Å². The van der Waals surface area contributed by atoms with Crippen molar-refractivity contribution in [1.82, 2.24) is 29.6 Å². The second kappa shape index (κ2) is 6.72. The first-order valence-corrected chi connectivity index (χ1v) is 10.3. The quantitative estimate of drug-likeness (QED) is 0.744. The summed E-state index contributed by atoms with van der Waals surface area (Å²) in [6, 6.07) is 1.88. The van der Waals surface area contributed by atoms with Crippen molar-refractivity contribution in [2.24, 2.45) is 7.05 Å². The molecule has 5 rings (SSSR count). The first kappa shape index (κ1) is 17.4. The van der Waals surface area contributed by atoms with Crippen LogP contribution in [0.1, 0.15) is 71.3 Å². The molecule has 1 aliphatic carbocycles. The number of carbonyl (C=O) groups is 1. The van der Waals surface area contributed by atoms with Gasteiger partial charge in [0.25, 0.3) is 5.91 Å². The molecule has 146 valence electrons. The molecule has 28 heavy (non-hydrogen) atoms. The van der Waals surface area contributed by atoms with Gasteiger partial charge >= 0.3 is 0 Å². The van der Waals surface area contributed by atoms with Crippen molar-refractivity contribution in [1.29, 1.82) is 0 Å². The Hall–Kier alpha value is -2.70. The molecular weight excluding hydrogens is 352 g/mol. The molecule has 0 fully saturated rings. The Kier molecular flexibility index (Phi) is 4.18. The fourth-order valence-electron chi connectivity index (χ4n) is 4.68. The molecule has 1 unspecified atom stereocenters. The van der Waals surface area contributed by atoms with Crippen LogP contribution < -0.4 is 5.32 Å². The third-order valence-corrected chi connectivity index (χ3v) is 6.12. The summed E-state index contributed by atoms with van der Waals surface area (Å²) in [5.41, 5.74) is 5.45. The van der Waals surface area contributed by atoms with Crippen LogP contribution in [0.15, 0.2) is 12.3 Å². The van der Waals surface area contributed by atoms with Crippen LogP contribution in [-0.4, -0.2) is 30.2 Å². The summed E-state index contributed by atoms with van der Waals surface area (Å²) in [7, 11) is 1.97. The van der Waals surface area contributed by atoms with Gasteiger partial charge in [-0.15, -0.1) is 0 Å². The van der Waals surface area contributed by atoms with Gasteiger partial charge in [-0.25, -0.2) is 9.97 Å². The third kappa shape index (κ3) is 2.80. The summed E-state index contributed by atoms with van der Waals surface area (Å²) in [5.74, 6) is 0.998. The zero-order valence-electron chi connectivity index (χ0n) is 16.5. The number of nitrogens with zero attached hydrogens (tertiary/aromatic N) is 5. The summed E-state index contributed by atoms with van der Waals surface area (Å²) >= 11 is 0. The van der Waals surface area contributed by atoms with Gasteiger partial charge in [-0.2, -0.15) is 5.10 Å². The van der Waals surface area contributed by atoms with E-state index in [1.54, 1.807) is 0 Å². The highest BCUT2D eigenvalue weighted by Crippen LogP contribution is 2.30. The van der Waals surface area contributed by atoms with Crippen LogP contribution in [0.2, 0.25) is 0 Å². The Bertz CT molecular complexity index is 1060. The maximum absolute atomic E-state index is 13.3. The molecule has 7 heteroatoms. The lowest BCUT2D eigenvalue weighted by Crippen LogP contribution is -2.31. The molecule has 1 amide bonds. The van der Waals surface area contributed by atoms with Crippen molar-refractivity contribution in [2.75, 3.05) is 0 Å². The zero-order chi connectivity index (χ0) is 19.3. The van der Waals surface area contributed by atoms with Gasteiger partial charge in [0.1, 0.15) is 11.3 Å². The van der Waals surface area contributed by atoms with Crippen molar-refractivity contribution in [3.63, 3.8) is 0 Å². The lowest BCUT2D eigenvalue weighted by atomic mass is 9.92. The van der Waals surface area contributed by atoms with Crippen molar-refractivity contribution < 1.29 is 4.79 Å². The summed E-state index contributed by atoms with van der Waals surface area (Å²) in [4.78, 5) is 22.8. The topological polar surface area (TPSA) is 77.6 Å². The predicted molar refractivity (Wildman–Crippen MR) is 106 cm³/mol. The van der Waals surface area contributed by atoms with Gasteiger partial charge in [0.15, 0.2) is 5.65 Å². The first-order chi connectivity index (χ1) is 13.6. The summed E-state index contributed by atoms with van der Waals surface area (Å²) < 4.78 is 4.14. The Morgan fingerprint density at radius 2 is 2.07 bits per heavy atom. The third-order valence-electron chi connectivity index (χ3n) is 6.12. The number of aryl methyl sites for hydroxylation is 4. The average molecular weight is 378 g/mol. The number of hydrogen-bond donors (Lipinski definition) is 1. The minimum absolute atomic E-state index is 0.00825. The largest absolute Gasteiger partial charge is 0.345 e. The van der Waals surface area contributed by atoms with Crippen molar-refractivity contribution in [3.05, 3.63) is 40.6 Å². The summed E-state index contributed by atoms with van der Waals surface area (Å²) in [6.07, 6.45) is 9.38. The van der Waals surface area contributed by atoms with Gasteiger partial charge in [-0.1, -0.05) is 6.42 Å². The Labute approximate surface area is 164 Å². The molecule has 7 nitrogen and oxygen atoms in total. The lowest BCUT2D eigenvalue weighted by molar-refractivity contribution is 0.0934. The normalized spacial score (nSPS) is 19.1. The molecule has 3 aromatic heterocycles. The van der Waals surface area contributed by atoms with Crippen LogP contribution in [-0.2, 0) is 26.4 Å². The van der Waals surface area contributed by atoms with Crippen LogP contribution in [0.3, 0.4) is 0 Å². The molecule has 0 saturated carbocycles. The number of nitrogens with one attached hydrogen (secondary N) is 1. The van der Waals surface area contributed by atoms with E-state index in [9.17, 15) is 4.79 Å². The van der Waals surface area contributed by atoms with E-state index in [1.807, 2.05) is 30.9 Å². The average Bonchev–Trinajstić information content (AvgIpc) is 3.13. The molecule has 1 aliphatic heterocycles. The summed E-state index contributed by atoms with van der Waals surface area (Å²) in [5, 5.41) is 7.63. The molecule has 4 heterocycles. The zero-order valence-corrected chi connectivity index (χ0v) is 16.5. The molecule has 0 spiro atoms. The number of rotatable bonds is 2. The Morgan fingerprint density at radius 1 is 1.18 bits per heavy atom. The number of imidazole rings is 1. The molecule has 2 aliphatic rings. The van der Waals surface area contributed by atoms with E-state index in [-0.39, 0.29) is 11.9 Å². The van der Waals surface area contributed by atoms with Gasteiger partial charge in [-0.05, 0) is 45.1 Å². The number of carbonyl (C=O) groups excluding carboxylic acids is 1. The number of amides is 1. The number of aromatic nitrogens is 5. The monoisotopic (exact) mass is 378 g/mol. The molecule has 1 N–H and O–H groups in total. The smallest absolute Gasteiger partial charge is 0.254 e. The maximum Gasteiger partial charge on any atom is 0.254 e. The molecule has 0 aromatic carbocycles. The van der Waals surface area contributed by atoms with E-state index < -0.39 is 0 Å². The van der Waals surface area contributed by atoms with E-state index in [1.165, 1.54) is 12.1 Å². The fourth-order valence-corrected chi connectivity index (χ4v) is 4.68. The van der Waals surface area contributed by atoms with Gasteiger partial charge in [-0.3, -0.25) is 9.48 Å². The molecule has 1 atom stereocenters. The maximum atomic E-state index is 13.3. The fraction of sp³-hybridized carbons (Fsp3) is 0.524. The Balaban J connectivity index is 1.52. The highest BCUT2D eigenvalue weighted by Gasteiger charge is 2.27. The van der Waals surface area contributed by atoms with Crippen molar-refractivity contribution in [2.45, 2.75) is 64.5 Å². The van der Waals surface area contributed by atoms with Gasteiger partial charge < -0.3 is 9.88 Å². The molecule has 0 bridgehead atoms. The molecule has 3 aromatic rings. The standard InChI is InChI=1S/C21H26N6O/c1-13-11-14(19-20(23-13)27-10-5-3-4-9-18(27)25-19)21(28)24-16-7-6-8-17-15(16)12-22-26(17)2/h11-12,16H,3-10H2,1-2H3,(H,24,28). The van der Waals surface area contributed by atoms with E-state index in [0.717, 1.165) is 73.3 Å². The van der Waals surface area contributed by atoms with Gasteiger partial charge in [0.05, 0.1) is 17.8 Å². The molecule has 0 saturated heterocycles. The van der Waals surface area contributed by atoms with Crippen LogP contribution in [0.25, 0.3) is 11.2 Å².